The monoisotopic (exact) mass is 384 g/mol. The molecule has 140 valence electrons. The van der Waals surface area contributed by atoms with Crippen molar-refractivity contribution in [2.75, 3.05) is 13.1 Å². The lowest BCUT2D eigenvalue weighted by molar-refractivity contribution is -0.130. The van der Waals surface area contributed by atoms with Gasteiger partial charge >= 0.3 is 0 Å². The molecule has 0 N–H and O–H groups in total. The lowest BCUT2D eigenvalue weighted by Gasteiger charge is -2.31. The third-order valence-electron chi connectivity index (χ3n) is 5.07. The molecule has 4 rings (SSSR count). The number of rotatable bonds is 4. The maximum atomic E-state index is 13.1. The fourth-order valence-electron chi connectivity index (χ4n) is 3.49. The minimum absolute atomic E-state index is 0.160. The number of nitrogens with zero attached hydrogens (tertiary/aromatic N) is 4. The van der Waals surface area contributed by atoms with Gasteiger partial charge in [-0.1, -0.05) is 0 Å². The average Bonchev–Trinajstić information content (AvgIpc) is 3.32. The summed E-state index contributed by atoms with van der Waals surface area (Å²) in [5, 5.41) is 2.84. The van der Waals surface area contributed by atoms with Crippen LogP contribution in [0.5, 0.6) is 0 Å². The van der Waals surface area contributed by atoms with Gasteiger partial charge in [-0.3, -0.25) is 4.79 Å². The number of benzene rings is 1. The molecule has 0 radical (unpaired) electrons. The van der Waals surface area contributed by atoms with Crippen molar-refractivity contribution in [3.8, 4) is 22.1 Å². The average molecular weight is 384 g/mol. The van der Waals surface area contributed by atoms with Crippen molar-refractivity contribution in [2.45, 2.75) is 26.3 Å². The van der Waals surface area contributed by atoms with Crippen molar-refractivity contribution >= 4 is 17.2 Å². The summed E-state index contributed by atoms with van der Waals surface area (Å²) >= 11 is 1.55. The third-order valence-corrected chi connectivity index (χ3v) is 5.90. The Morgan fingerprint density at radius 1 is 1.26 bits per heavy atom. The number of imidazole rings is 1. The van der Waals surface area contributed by atoms with E-state index in [1.165, 1.54) is 12.1 Å². The molecule has 3 heterocycles. The lowest BCUT2D eigenvalue weighted by atomic mass is 9.96. The number of likely N-dealkylation sites (tertiary alicyclic amines) is 1. The van der Waals surface area contributed by atoms with Crippen LogP contribution in [0, 0.1) is 11.7 Å². The molecule has 0 atom stereocenters. The Morgan fingerprint density at radius 2 is 2.00 bits per heavy atom. The molecule has 3 aromatic rings. The zero-order valence-electron chi connectivity index (χ0n) is 15.1. The number of amides is 1. The van der Waals surface area contributed by atoms with Crippen LogP contribution in [0.15, 0.2) is 42.0 Å². The minimum atomic E-state index is -0.249. The highest BCUT2D eigenvalue weighted by Crippen LogP contribution is 2.29. The number of carbonyl (C=O) groups is 1. The number of hydrogen-bond acceptors (Lipinski definition) is 4. The molecule has 1 fully saturated rings. The second-order valence-electron chi connectivity index (χ2n) is 6.90. The third kappa shape index (κ3) is 3.93. The van der Waals surface area contributed by atoms with Crippen LogP contribution in [0.25, 0.3) is 22.1 Å². The van der Waals surface area contributed by atoms with Crippen molar-refractivity contribution in [1.29, 1.82) is 0 Å². The number of aromatic nitrogens is 3. The van der Waals surface area contributed by atoms with E-state index < -0.39 is 0 Å². The highest BCUT2D eigenvalue weighted by Gasteiger charge is 2.22. The molecule has 0 aliphatic carbocycles. The van der Waals surface area contributed by atoms with Crippen LogP contribution in [0.1, 0.15) is 19.8 Å². The fraction of sp³-hybridized carbons (Fsp3) is 0.350. The molecule has 2 aromatic heterocycles. The number of carbonyl (C=O) groups excluding carboxylic acids is 1. The molecule has 27 heavy (non-hydrogen) atoms. The number of thiazole rings is 1. The van der Waals surface area contributed by atoms with Gasteiger partial charge in [0.05, 0.1) is 5.69 Å². The van der Waals surface area contributed by atoms with E-state index in [0.29, 0.717) is 5.92 Å². The van der Waals surface area contributed by atoms with E-state index in [4.69, 9.17) is 4.98 Å². The SMILES string of the molecule is CC(=O)N1CCC(Cn2ccnc2-c2nc(-c3ccc(F)cc3)cs2)CC1. The molecule has 0 saturated carbocycles. The first-order valence-corrected chi connectivity index (χ1v) is 9.96. The van der Waals surface area contributed by atoms with Gasteiger partial charge in [0.25, 0.3) is 0 Å². The Bertz CT molecular complexity index is 926. The summed E-state index contributed by atoms with van der Waals surface area (Å²) in [4.78, 5) is 22.6. The normalized spacial score (nSPS) is 15.3. The van der Waals surface area contributed by atoms with Crippen LogP contribution < -0.4 is 0 Å². The van der Waals surface area contributed by atoms with Crippen molar-refractivity contribution in [2.24, 2.45) is 5.92 Å². The van der Waals surface area contributed by atoms with Gasteiger partial charge in [-0.2, -0.15) is 0 Å². The van der Waals surface area contributed by atoms with Crippen molar-refractivity contribution < 1.29 is 9.18 Å². The predicted molar refractivity (Wildman–Crippen MR) is 104 cm³/mol. The minimum Gasteiger partial charge on any atom is -0.343 e. The quantitative estimate of drug-likeness (QED) is 0.681. The van der Waals surface area contributed by atoms with Gasteiger partial charge in [-0.05, 0) is 43.0 Å². The number of halogens is 1. The molecule has 0 unspecified atom stereocenters. The van der Waals surface area contributed by atoms with Gasteiger partial charge in [0.1, 0.15) is 5.82 Å². The Kier molecular flexibility index (Phi) is 5.03. The topological polar surface area (TPSA) is 51.0 Å². The second kappa shape index (κ2) is 7.60. The van der Waals surface area contributed by atoms with Gasteiger partial charge in [0, 0.05) is 49.9 Å². The lowest BCUT2D eigenvalue weighted by Crippen LogP contribution is -2.37. The molecule has 1 aliphatic rings. The molecule has 1 aliphatic heterocycles. The van der Waals surface area contributed by atoms with Crippen molar-refractivity contribution in [1.82, 2.24) is 19.4 Å². The Labute approximate surface area is 161 Å². The van der Waals surface area contributed by atoms with Crippen molar-refractivity contribution in [3.63, 3.8) is 0 Å². The van der Waals surface area contributed by atoms with Gasteiger partial charge in [-0.15, -0.1) is 11.3 Å². The zero-order chi connectivity index (χ0) is 18.8. The first-order valence-electron chi connectivity index (χ1n) is 9.08. The second-order valence-corrected chi connectivity index (χ2v) is 7.76. The van der Waals surface area contributed by atoms with E-state index in [2.05, 4.69) is 9.55 Å². The fourth-order valence-corrected chi connectivity index (χ4v) is 4.33. The van der Waals surface area contributed by atoms with Crippen molar-refractivity contribution in [3.05, 3.63) is 47.9 Å². The molecule has 0 spiro atoms. The highest BCUT2D eigenvalue weighted by atomic mass is 32.1. The summed E-state index contributed by atoms with van der Waals surface area (Å²) in [6.07, 6.45) is 5.82. The molecule has 7 heteroatoms. The van der Waals surface area contributed by atoms with Crippen LogP contribution in [-0.2, 0) is 11.3 Å². The van der Waals surface area contributed by atoms with E-state index in [1.54, 1.807) is 36.6 Å². The maximum Gasteiger partial charge on any atom is 0.219 e. The molecular formula is C20H21FN4OS. The molecule has 5 nitrogen and oxygen atoms in total. The highest BCUT2D eigenvalue weighted by molar-refractivity contribution is 7.13. The summed E-state index contributed by atoms with van der Waals surface area (Å²) in [6, 6.07) is 6.37. The Balaban J connectivity index is 1.48. The van der Waals surface area contributed by atoms with Crippen LogP contribution in [-0.4, -0.2) is 38.4 Å². The van der Waals surface area contributed by atoms with Crippen LogP contribution in [0.2, 0.25) is 0 Å². The van der Waals surface area contributed by atoms with Crippen LogP contribution in [0.3, 0.4) is 0 Å². The smallest absolute Gasteiger partial charge is 0.219 e. The van der Waals surface area contributed by atoms with E-state index in [1.807, 2.05) is 16.5 Å². The Morgan fingerprint density at radius 3 is 2.70 bits per heavy atom. The van der Waals surface area contributed by atoms with Crippen LogP contribution in [0.4, 0.5) is 4.39 Å². The summed E-state index contributed by atoms with van der Waals surface area (Å²) in [7, 11) is 0. The molecular weight excluding hydrogens is 363 g/mol. The van der Waals surface area contributed by atoms with Gasteiger partial charge in [0.2, 0.25) is 5.91 Å². The summed E-state index contributed by atoms with van der Waals surface area (Å²) in [6.45, 7) is 4.17. The molecule has 0 bridgehead atoms. The number of hydrogen-bond donors (Lipinski definition) is 0. The zero-order valence-corrected chi connectivity index (χ0v) is 16.0. The summed E-state index contributed by atoms with van der Waals surface area (Å²) in [5.74, 6) is 1.31. The molecule has 1 aromatic carbocycles. The van der Waals surface area contributed by atoms with E-state index in [-0.39, 0.29) is 11.7 Å². The van der Waals surface area contributed by atoms with E-state index >= 15 is 0 Å². The predicted octanol–water partition coefficient (Wildman–Crippen LogP) is 4.07. The van der Waals surface area contributed by atoms with Gasteiger partial charge < -0.3 is 9.47 Å². The first kappa shape index (κ1) is 17.9. The first-order chi connectivity index (χ1) is 13.1. The standard InChI is InChI=1S/C20H21FN4OS/c1-14(26)24-9-6-15(7-10-24)12-25-11-8-22-19(25)20-23-18(13-27-20)16-2-4-17(21)5-3-16/h2-5,8,11,13,15H,6-7,9-10,12H2,1H3. The van der Waals surface area contributed by atoms with Gasteiger partial charge in [-0.25, -0.2) is 14.4 Å². The largest absolute Gasteiger partial charge is 0.343 e. The summed E-state index contributed by atoms with van der Waals surface area (Å²) in [5.41, 5.74) is 1.73. The summed E-state index contributed by atoms with van der Waals surface area (Å²) < 4.78 is 15.3. The maximum absolute atomic E-state index is 13.1. The van der Waals surface area contributed by atoms with Gasteiger partial charge in [0.15, 0.2) is 10.8 Å². The molecule has 1 amide bonds. The Hall–Kier alpha value is -2.54. The van der Waals surface area contributed by atoms with E-state index in [0.717, 1.165) is 54.6 Å². The number of piperidine rings is 1. The van der Waals surface area contributed by atoms with Crippen LogP contribution >= 0.6 is 11.3 Å². The molecule has 1 saturated heterocycles. The van der Waals surface area contributed by atoms with E-state index in [9.17, 15) is 9.18 Å².